The van der Waals surface area contributed by atoms with E-state index in [2.05, 4.69) is 56.1 Å². The lowest BCUT2D eigenvalue weighted by molar-refractivity contribution is 0.247. The predicted molar refractivity (Wildman–Crippen MR) is 110 cm³/mol. The van der Waals surface area contributed by atoms with Gasteiger partial charge in [-0.2, -0.15) is 5.10 Å². The van der Waals surface area contributed by atoms with Crippen molar-refractivity contribution in [3.63, 3.8) is 0 Å². The van der Waals surface area contributed by atoms with Gasteiger partial charge >= 0.3 is 0 Å². The number of fused-ring (bicyclic) bond motifs is 6. The number of nitrogens with one attached hydrogen (secondary N) is 3. The van der Waals surface area contributed by atoms with Gasteiger partial charge in [0.15, 0.2) is 5.13 Å². The fourth-order valence-electron chi connectivity index (χ4n) is 4.85. The average Bonchev–Trinajstić information content (AvgIpc) is 3.31. The lowest BCUT2D eigenvalue weighted by atomic mass is 9.74. The van der Waals surface area contributed by atoms with Gasteiger partial charge in [-0.1, -0.05) is 17.4 Å². The van der Waals surface area contributed by atoms with Crippen LogP contribution in [0.2, 0.25) is 0 Å². The van der Waals surface area contributed by atoms with Gasteiger partial charge in [0.25, 0.3) is 0 Å². The molecule has 0 spiro atoms. The molecule has 5 N–H and O–H groups in total. The fourth-order valence-corrected chi connectivity index (χ4v) is 5.63. The van der Waals surface area contributed by atoms with E-state index in [1.807, 2.05) is 6.20 Å². The molecule has 6 nitrogen and oxygen atoms in total. The topological polar surface area (TPSA) is 91.6 Å². The lowest BCUT2D eigenvalue weighted by Crippen LogP contribution is -2.42. The van der Waals surface area contributed by atoms with Crippen molar-refractivity contribution < 1.29 is 0 Å². The van der Waals surface area contributed by atoms with Crippen LogP contribution in [0.15, 0.2) is 36.5 Å². The number of nitrogens with zero attached hydrogens (tertiary/aromatic N) is 2. The molecule has 27 heavy (non-hydrogen) atoms. The molecule has 7 heteroatoms. The van der Waals surface area contributed by atoms with E-state index in [9.17, 15) is 0 Å². The van der Waals surface area contributed by atoms with Gasteiger partial charge in [0.1, 0.15) is 0 Å². The first-order chi connectivity index (χ1) is 13.3. The molecule has 0 radical (unpaired) electrons. The summed E-state index contributed by atoms with van der Waals surface area (Å²) in [4.78, 5) is 4.40. The van der Waals surface area contributed by atoms with Crippen LogP contribution in [0.4, 0.5) is 10.8 Å². The molecule has 3 atom stereocenters. The number of H-pyrrole nitrogens is 1. The molecule has 2 aromatic carbocycles. The van der Waals surface area contributed by atoms with Crippen molar-refractivity contribution in [2.75, 3.05) is 17.6 Å². The molecule has 1 saturated heterocycles. The Labute approximate surface area is 160 Å². The number of anilines is 2. The number of benzene rings is 2. The molecule has 4 aromatic rings. The zero-order valence-corrected chi connectivity index (χ0v) is 15.5. The smallest absolute Gasteiger partial charge is 0.181 e. The van der Waals surface area contributed by atoms with Crippen LogP contribution in [0.1, 0.15) is 36.1 Å². The molecule has 4 heterocycles. The summed E-state index contributed by atoms with van der Waals surface area (Å²) in [5.74, 6) is 0.495. The van der Waals surface area contributed by atoms with Crippen LogP contribution in [0.25, 0.3) is 21.1 Å². The molecule has 136 valence electrons. The van der Waals surface area contributed by atoms with E-state index >= 15 is 0 Å². The van der Waals surface area contributed by atoms with Gasteiger partial charge in [0.05, 0.1) is 28.0 Å². The summed E-state index contributed by atoms with van der Waals surface area (Å²) in [5, 5.41) is 16.8. The third-order valence-corrected chi connectivity index (χ3v) is 6.86. The van der Waals surface area contributed by atoms with Crippen molar-refractivity contribution in [1.82, 2.24) is 20.5 Å². The monoisotopic (exact) mass is 376 g/mol. The number of hydrogen-bond donors (Lipinski definition) is 4. The zero-order valence-electron chi connectivity index (χ0n) is 14.7. The first-order valence-electron chi connectivity index (χ1n) is 9.40. The Morgan fingerprint density at radius 1 is 1.15 bits per heavy atom. The summed E-state index contributed by atoms with van der Waals surface area (Å²) >= 11 is 1.56. The maximum absolute atomic E-state index is 5.90. The Morgan fingerprint density at radius 3 is 3.07 bits per heavy atom. The van der Waals surface area contributed by atoms with E-state index in [1.165, 1.54) is 35.0 Å². The summed E-state index contributed by atoms with van der Waals surface area (Å²) < 4.78 is 1.16. The molecule has 2 aliphatic heterocycles. The highest BCUT2D eigenvalue weighted by molar-refractivity contribution is 7.22. The van der Waals surface area contributed by atoms with Crippen LogP contribution in [-0.2, 0) is 0 Å². The van der Waals surface area contributed by atoms with Gasteiger partial charge in [-0.15, -0.1) is 0 Å². The second-order valence-electron chi connectivity index (χ2n) is 7.50. The van der Waals surface area contributed by atoms with Crippen molar-refractivity contribution in [1.29, 1.82) is 0 Å². The number of aromatic amines is 1. The van der Waals surface area contributed by atoms with Crippen molar-refractivity contribution in [3.8, 4) is 0 Å². The van der Waals surface area contributed by atoms with E-state index in [1.54, 1.807) is 11.3 Å². The van der Waals surface area contributed by atoms with Gasteiger partial charge in [-0.25, -0.2) is 4.98 Å². The molecule has 2 aliphatic rings. The largest absolute Gasteiger partial charge is 0.378 e. The minimum absolute atomic E-state index is 0.271. The second-order valence-corrected chi connectivity index (χ2v) is 8.56. The summed E-state index contributed by atoms with van der Waals surface area (Å²) in [6.45, 7) is 1.06. The quantitative estimate of drug-likeness (QED) is 0.404. The van der Waals surface area contributed by atoms with Crippen LogP contribution < -0.4 is 16.4 Å². The Morgan fingerprint density at radius 2 is 2.11 bits per heavy atom. The van der Waals surface area contributed by atoms with Crippen LogP contribution in [0.5, 0.6) is 0 Å². The normalized spacial score (nSPS) is 24.5. The third kappa shape index (κ3) is 2.28. The minimum atomic E-state index is 0.271. The molecule has 1 fully saturated rings. The standard InChI is InChI=1S/C20H20N6S/c21-20-25-14-4-3-10(8-16(14)27-20)18-11-2-1-7-22-19(11)17-12-9-23-26-13(12)5-6-15(17)24-18/h3-6,8-9,11,18-19,22,24H,1-2,7H2,(H2,21,25)(H,23,26)/t11-,18-,19?/m0/s1. The Kier molecular flexibility index (Phi) is 3.24. The van der Waals surface area contributed by atoms with E-state index in [0.717, 1.165) is 22.3 Å². The van der Waals surface area contributed by atoms with Crippen molar-refractivity contribution in [2.24, 2.45) is 5.92 Å². The number of nitrogen functional groups attached to an aromatic ring is 1. The zero-order chi connectivity index (χ0) is 18.0. The van der Waals surface area contributed by atoms with Crippen molar-refractivity contribution in [2.45, 2.75) is 24.9 Å². The molecule has 0 bridgehead atoms. The number of thiazole rings is 1. The second kappa shape index (κ2) is 5.68. The van der Waals surface area contributed by atoms with Crippen LogP contribution in [-0.4, -0.2) is 21.7 Å². The van der Waals surface area contributed by atoms with E-state index in [-0.39, 0.29) is 6.04 Å². The summed E-state index contributed by atoms with van der Waals surface area (Å²) in [6.07, 6.45) is 4.35. The number of piperidine rings is 1. The van der Waals surface area contributed by atoms with Crippen molar-refractivity contribution >= 4 is 43.3 Å². The van der Waals surface area contributed by atoms with E-state index < -0.39 is 0 Å². The average molecular weight is 376 g/mol. The van der Waals surface area contributed by atoms with Gasteiger partial charge in [-0.05, 0) is 49.2 Å². The molecular formula is C20H20N6S. The molecule has 6 rings (SSSR count). The highest BCUT2D eigenvalue weighted by atomic mass is 32.1. The van der Waals surface area contributed by atoms with Crippen LogP contribution in [0.3, 0.4) is 0 Å². The Balaban J connectivity index is 1.51. The number of aromatic nitrogens is 3. The highest BCUT2D eigenvalue weighted by Gasteiger charge is 2.39. The molecule has 0 aliphatic carbocycles. The predicted octanol–water partition coefficient (Wildman–Crippen LogP) is 3.96. The fraction of sp³-hybridized carbons (Fsp3) is 0.300. The maximum Gasteiger partial charge on any atom is 0.181 e. The van der Waals surface area contributed by atoms with Gasteiger partial charge < -0.3 is 16.4 Å². The van der Waals surface area contributed by atoms with Crippen molar-refractivity contribution in [3.05, 3.63) is 47.7 Å². The first-order valence-corrected chi connectivity index (χ1v) is 10.2. The van der Waals surface area contributed by atoms with E-state index in [0.29, 0.717) is 17.1 Å². The molecule has 0 saturated carbocycles. The van der Waals surface area contributed by atoms with Gasteiger partial charge in [0, 0.05) is 28.6 Å². The highest BCUT2D eigenvalue weighted by Crippen LogP contribution is 2.49. The molecule has 0 amide bonds. The number of nitrogens with two attached hydrogens (primary N) is 1. The van der Waals surface area contributed by atoms with E-state index in [4.69, 9.17) is 5.73 Å². The molecule has 2 aromatic heterocycles. The summed E-state index contributed by atoms with van der Waals surface area (Å²) in [7, 11) is 0. The summed E-state index contributed by atoms with van der Waals surface area (Å²) in [5.41, 5.74) is 11.8. The number of rotatable bonds is 1. The summed E-state index contributed by atoms with van der Waals surface area (Å²) in [6, 6.07) is 11.5. The Bertz CT molecular complexity index is 1160. The Hall–Kier alpha value is -2.64. The van der Waals surface area contributed by atoms with Crippen LogP contribution in [0, 0.1) is 5.92 Å². The third-order valence-electron chi connectivity index (χ3n) is 6.01. The first kappa shape index (κ1) is 15.4. The SMILES string of the molecule is Nc1nc2ccc([C@@H]3Nc4ccc5[nH]ncc5c4C4NCCC[C@H]43)cc2s1. The lowest BCUT2D eigenvalue weighted by Gasteiger charge is -2.44. The number of hydrogen-bond acceptors (Lipinski definition) is 6. The minimum Gasteiger partial charge on any atom is -0.378 e. The molecule has 1 unspecified atom stereocenters. The van der Waals surface area contributed by atoms with Gasteiger partial charge in [0.2, 0.25) is 0 Å². The molecular weight excluding hydrogens is 356 g/mol. The van der Waals surface area contributed by atoms with Gasteiger partial charge in [-0.3, -0.25) is 5.10 Å². The maximum atomic E-state index is 5.90. The van der Waals surface area contributed by atoms with Crippen LogP contribution >= 0.6 is 11.3 Å².